The van der Waals surface area contributed by atoms with Crippen molar-refractivity contribution < 1.29 is 24.1 Å². The molecular formula is C22H19ClN2O7. The molecule has 1 atom stereocenters. The second kappa shape index (κ2) is 8.43. The first-order chi connectivity index (χ1) is 15.3. The van der Waals surface area contributed by atoms with E-state index in [1.165, 1.54) is 14.2 Å². The van der Waals surface area contributed by atoms with Gasteiger partial charge in [0, 0.05) is 11.1 Å². The molecule has 10 heteroatoms. The second-order valence-electron chi connectivity index (χ2n) is 7.09. The maximum atomic E-state index is 13.5. The zero-order valence-corrected chi connectivity index (χ0v) is 18.0. The molecule has 0 saturated heterocycles. The molecule has 1 N–H and O–H groups in total. The molecule has 0 fully saturated rings. The average Bonchev–Trinajstić information content (AvgIpc) is 3.20. The SMILES string of the molecule is COc1ccc(-n2cc(OC(=O)O)c(=O)n(C3CCc4c(Cl)cccc43)c2=O)cc1OC. The highest BCUT2D eigenvalue weighted by Gasteiger charge is 2.30. The molecule has 0 aliphatic heterocycles. The van der Waals surface area contributed by atoms with Gasteiger partial charge in [0.1, 0.15) is 0 Å². The van der Waals surface area contributed by atoms with Gasteiger partial charge in [0.15, 0.2) is 11.5 Å². The van der Waals surface area contributed by atoms with Gasteiger partial charge in [-0.2, -0.15) is 0 Å². The Morgan fingerprint density at radius 2 is 1.84 bits per heavy atom. The minimum absolute atomic E-state index is 0.334. The molecule has 1 unspecified atom stereocenters. The van der Waals surface area contributed by atoms with Crippen LogP contribution < -0.4 is 25.5 Å². The number of ether oxygens (including phenoxy) is 3. The number of aromatic nitrogens is 2. The number of hydrogen-bond donors (Lipinski definition) is 1. The van der Waals surface area contributed by atoms with E-state index in [1.54, 1.807) is 36.4 Å². The maximum Gasteiger partial charge on any atom is 0.511 e. The molecule has 1 aromatic heterocycles. The van der Waals surface area contributed by atoms with E-state index in [-0.39, 0.29) is 0 Å². The van der Waals surface area contributed by atoms with Crippen molar-refractivity contribution in [3.8, 4) is 22.9 Å². The maximum absolute atomic E-state index is 13.5. The quantitative estimate of drug-likeness (QED) is 0.584. The topological polar surface area (TPSA) is 109 Å². The minimum atomic E-state index is -1.67. The Balaban J connectivity index is 1.97. The van der Waals surface area contributed by atoms with Crippen molar-refractivity contribution in [1.29, 1.82) is 0 Å². The Kier molecular flexibility index (Phi) is 5.67. The van der Waals surface area contributed by atoms with E-state index in [9.17, 15) is 14.4 Å². The summed E-state index contributed by atoms with van der Waals surface area (Å²) in [6.07, 6.45) is 0.425. The van der Waals surface area contributed by atoms with E-state index >= 15 is 0 Å². The van der Waals surface area contributed by atoms with Crippen LogP contribution in [0.1, 0.15) is 23.6 Å². The number of hydrogen-bond acceptors (Lipinski definition) is 6. The third-order valence-corrected chi connectivity index (χ3v) is 5.78. The fourth-order valence-corrected chi connectivity index (χ4v) is 4.28. The Morgan fingerprint density at radius 3 is 2.53 bits per heavy atom. The molecule has 0 spiro atoms. The third-order valence-electron chi connectivity index (χ3n) is 5.42. The van der Waals surface area contributed by atoms with E-state index in [4.69, 9.17) is 30.9 Å². The monoisotopic (exact) mass is 458 g/mol. The smallest absolute Gasteiger partial charge is 0.493 e. The van der Waals surface area contributed by atoms with Gasteiger partial charge in [0.2, 0.25) is 5.75 Å². The summed E-state index contributed by atoms with van der Waals surface area (Å²) < 4.78 is 17.4. The largest absolute Gasteiger partial charge is 0.511 e. The van der Waals surface area contributed by atoms with Crippen LogP contribution >= 0.6 is 11.6 Å². The molecule has 0 saturated carbocycles. The molecule has 9 nitrogen and oxygen atoms in total. The van der Waals surface area contributed by atoms with Crippen molar-refractivity contribution in [3.05, 3.63) is 79.6 Å². The molecule has 32 heavy (non-hydrogen) atoms. The highest BCUT2D eigenvalue weighted by atomic mass is 35.5. The lowest BCUT2D eigenvalue weighted by Gasteiger charge is -2.19. The number of benzene rings is 2. The van der Waals surface area contributed by atoms with Crippen molar-refractivity contribution in [1.82, 2.24) is 9.13 Å². The average molecular weight is 459 g/mol. The Hall–Kier alpha value is -3.72. The lowest BCUT2D eigenvalue weighted by atomic mass is 10.1. The highest BCUT2D eigenvalue weighted by molar-refractivity contribution is 6.31. The summed E-state index contributed by atoms with van der Waals surface area (Å²) in [6.45, 7) is 0. The lowest BCUT2D eigenvalue weighted by molar-refractivity contribution is 0.143. The number of carbonyl (C=O) groups is 1. The van der Waals surface area contributed by atoms with Gasteiger partial charge in [0.05, 0.1) is 32.1 Å². The van der Waals surface area contributed by atoms with Gasteiger partial charge in [0.25, 0.3) is 5.56 Å². The van der Waals surface area contributed by atoms with Gasteiger partial charge in [-0.25, -0.2) is 14.2 Å². The van der Waals surface area contributed by atoms with Gasteiger partial charge in [-0.3, -0.25) is 9.36 Å². The van der Waals surface area contributed by atoms with Gasteiger partial charge in [-0.05, 0) is 42.2 Å². The fraction of sp³-hybridized carbons (Fsp3) is 0.227. The molecule has 0 amide bonds. The van der Waals surface area contributed by atoms with E-state index in [1.807, 2.05) is 0 Å². The van der Waals surface area contributed by atoms with Crippen LogP contribution in [0.4, 0.5) is 4.79 Å². The summed E-state index contributed by atoms with van der Waals surface area (Å²) in [5.74, 6) is 0.301. The molecule has 0 bridgehead atoms. The summed E-state index contributed by atoms with van der Waals surface area (Å²) >= 11 is 6.29. The first-order valence-corrected chi connectivity index (χ1v) is 10.0. The first-order valence-electron chi connectivity index (χ1n) is 9.64. The molecule has 0 radical (unpaired) electrons. The van der Waals surface area contributed by atoms with E-state index in [0.717, 1.165) is 26.5 Å². The Morgan fingerprint density at radius 1 is 1.09 bits per heavy atom. The zero-order chi connectivity index (χ0) is 23.0. The molecule has 4 rings (SSSR count). The summed E-state index contributed by atoms with van der Waals surface area (Å²) in [7, 11) is 2.93. The Labute approximate surface area is 187 Å². The van der Waals surface area contributed by atoms with Crippen LogP contribution in [0.5, 0.6) is 17.2 Å². The van der Waals surface area contributed by atoms with Crippen molar-refractivity contribution in [2.24, 2.45) is 0 Å². The normalized spacial score (nSPS) is 14.7. The van der Waals surface area contributed by atoms with Crippen molar-refractivity contribution in [2.45, 2.75) is 18.9 Å². The number of carboxylic acid groups (broad SMARTS) is 1. The molecule has 2 aromatic carbocycles. The van der Waals surface area contributed by atoms with Gasteiger partial charge in [-0.15, -0.1) is 0 Å². The number of fused-ring (bicyclic) bond motifs is 1. The fourth-order valence-electron chi connectivity index (χ4n) is 4.00. The first kappa shape index (κ1) is 21.5. The summed E-state index contributed by atoms with van der Waals surface area (Å²) in [4.78, 5) is 37.8. The second-order valence-corrected chi connectivity index (χ2v) is 7.50. The highest BCUT2D eigenvalue weighted by Crippen LogP contribution is 2.37. The predicted octanol–water partition coefficient (Wildman–Crippen LogP) is 3.26. The number of rotatable bonds is 5. The van der Waals surface area contributed by atoms with Crippen LogP contribution in [-0.4, -0.2) is 34.6 Å². The van der Waals surface area contributed by atoms with Gasteiger partial charge in [-0.1, -0.05) is 23.7 Å². The summed E-state index contributed by atoms with van der Waals surface area (Å²) in [5.41, 5.74) is 0.432. The van der Waals surface area contributed by atoms with Crippen LogP contribution in [0.15, 0.2) is 52.2 Å². The minimum Gasteiger partial charge on any atom is -0.493 e. The van der Waals surface area contributed by atoms with Crippen molar-refractivity contribution in [3.63, 3.8) is 0 Å². The van der Waals surface area contributed by atoms with Crippen LogP contribution in [0.3, 0.4) is 0 Å². The van der Waals surface area contributed by atoms with Crippen LogP contribution in [0.25, 0.3) is 5.69 Å². The molecular weight excluding hydrogens is 440 g/mol. The number of halogens is 1. The van der Waals surface area contributed by atoms with Crippen LogP contribution in [0, 0.1) is 0 Å². The lowest BCUT2D eigenvalue weighted by Crippen LogP contribution is -2.42. The van der Waals surface area contributed by atoms with Crippen molar-refractivity contribution in [2.75, 3.05) is 14.2 Å². The third kappa shape index (κ3) is 3.60. The molecule has 3 aromatic rings. The van der Waals surface area contributed by atoms with Gasteiger partial charge < -0.3 is 19.3 Å². The Bertz CT molecular complexity index is 1330. The van der Waals surface area contributed by atoms with E-state index < -0.39 is 29.2 Å². The van der Waals surface area contributed by atoms with Crippen molar-refractivity contribution >= 4 is 17.8 Å². The summed E-state index contributed by atoms with van der Waals surface area (Å²) in [6, 6.07) is 9.40. The molecule has 1 heterocycles. The molecule has 1 aliphatic carbocycles. The van der Waals surface area contributed by atoms with E-state index in [0.29, 0.717) is 35.1 Å². The zero-order valence-electron chi connectivity index (χ0n) is 17.2. The summed E-state index contributed by atoms with van der Waals surface area (Å²) in [5, 5.41) is 9.66. The van der Waals surface area contributed by atoms with Gasteiger partial charge >= 0.3 is 11.8 Å². The number of methoxy groups -OCH3 is 2. The van der Waals surface area contributed by atoms with E-state index in [2.05, 4.69) is 0 Å². The molecule has 166 valence electrons. The predicted molar refractivity (Wildman–Crippen MR) is 116 cm³/mol. The molecule has 1 aliphatic rings. The number of nitrogens with zero attached hydrogens (tertiary/aromatic N) is 2. The van der Waals surface area contributed by atoms with Crippen LogP contribution in [0.2, 0.25) is 5.02 Å². The van der Waals surface area contributed by atoms with Crippen LogP contribution in [-0.2, 0) is 6.42 Å². The standard InChI is InChI=1S/C22H19ClN2O7/c1-30-17-9-6-12(10-18(17)31-2)24-11-19(32-22(28)29)20(26)25(21(24)27)16-8-7-13-14(16)4-3-5-15(13)23/h3-6,9-11,16H,7-8H2,1-2H3,(H,28,29).